The average molecular weight is 314 g/mol. The summed E-state index contributed by atoms with van der Waals surface area (Å²) < 4.78 is 0. The van der Waals surface area contributed by atoms with Crippen LogP contribution in [0.2, 0.25) is 10.0 Å². The minimum absolute atomic E-state index is 0.0502. The lowest BCUT2D eigenvalue weighted by atomic mass is 9.84. The molecule has 1 aromatic rings. The first-order valence-corrected chi connectivity index (χ1v) is 8.07. The van der Waals surface area contributed by atoms with Crippen LogP contribution in [0.1, 0.15) is 44.6 Å². The van der Waals surface area contributed by atoms with Crippen LogP contribution in [0.4, 0.5) is 0 Å². The molecule has 0 saturated heterocycles. The van der Waals surface area contributed by atoms with Crippen molar-refractivity contribution in [3.63, 3.8) is 0 Å². The molecule has 1 N–H and O–H groups in total. The Morgan fingerprint density at radius 1 is 1.25 bits per heavy atom. The summed E-state index contributed by atoms with van der Waals surface area (Å²) >= 11 is 11.9. The molecule has 1 fully saturated rings. The molecule has 1 amide bonds. The standard InChI is InChI=1S/C16H21Cl2NO/c1-2-11-3-7-14(8-4-11)19-16(20)9-12-5-6-13(17)10-15(12)18/h5-6,10-11,14H,2-4,7-9H2,1H3,(H,19,20). The number of carbonyl (C=O) groups excluding carboxylic acids is 1. The van der Waals surface area contributed by atoms with E-state index in [0.717, 1.165) is 24.3 Å². The van der Waals surface area contributed by atoms with Gasteiger partial charge in [0.25, 0.3) is 0 Å². The smallest absolute Gasteiger partial charge is 0.224 e. The van der Waals surface area contributed by atoms with Gasteiger partial charge in [-0.2, -0.15) is 0 Å². The van der Waals surface area contributed by atoms with E-state index in [9.17, 15) is 4.79 Å². The van der Waals surface area contributed by atoms with Crippen LogP contribution in [0.3, 0.4) is 0 Å². The van der Waals surface area contributed by atoms with E-state index in [1.54, 1.807) is 12.1 Å². The molecule has 4 heteroatoms. The lowest BCUT2D eigenvalue weighted by molar-refractivity contribution is -0.121. The Bertz CT molecular complexity index is 468. The van der Waals surface area contributed by atoms with E-state index in [4.69, 9.17) is 23.2 Å². The highest BCUT2D eigenvalue weighted by molar-refractivity contribution is 6.35. The molecule has 0 unspecified atom stereocenters. The number of nitrogens with one attached hydrogen (secondary N) is 1. The lowest BCUT2D eigenvalue weighted by Gasteiger charge is -2.28. The third kappa shape index (κ3) is 4.39. The predicted octanol–water partition coefficient (Wildman–Crippen LogP) is 4.62. The first-order valence-electron chi connectivity index (χ1n) is 7.31. The van der Waals surface area contributed by atoms with Gasteiger partial charge in [0.1, 0.15) is 0 Å². The van der Waals surface area contributed by atoms with Gasteiger partial charge in [-0.3, -0.25) is 4.79 Å². The molecule has 1 aliphatic rings. The van der Waals surface area contributed by atoms with Gasteiger partial charge in [-0.05, 0) is 49.3 Å². The normalized spacial score (nSPS) is 22.6. The fourth-order valence-electron chi connectivity index (χ4n) is 2.83. The Balaban J connectivity index is 1.84. The summed E-state index contributed by atoms with van der Waals surface area (Å²) in [6.45, 7) is 2.24. The maximum absolute atomic E-state index is 12.1. The van der Waals surface area contributed by atoms with Gasteiger partial charge in [0.05, 0.1) is 6.42 Å². The summed E-state index contributed by atoms with van der Waals surface area (Å²) in [5, 5.41) is 4.28. The zero-order chi connectivity index (χ0) is 14.5. The van der Waals surface area contributed by atoms with Crippen molar-refractivity contribution in [2.45, 2.75) is 51.5 Å². The Morgan fingerprint density at radius 2 is 1.95 bits per heavy atom. The first-order chi connectivity index (χ1) is 9.58. The molecule has 20 heavy (non-hydrogen) atoms. The van der Waals surface area contributed by atoms with E-state index in [2.05, 4.69) is 12.2 Å². The topological polar surface area (TPSA) is 29.1 Å². The third-order valence-electron chi connectivity index (χ3n) is 4.16. The molecule has 110 valence electrons. The van der Waals surface area contributed by atoms with Crippen molar-refractivity contribution in [1.29, 1.82) is 0 Å². The van der Waals surface area contributed by atoms with E-state index in [0.29, 0.717) is 22.5 Å². The van der Waals surface area contributed by atoms with Crippen molar-refractivity contribution in [2.75, 3.05) is 0 Å². The fraction of sp³-hybridized carbons (Fsp3) is 0.562. The molecular weight excluding hydrogens is 293 g/mol. The molecule has 0 bridgehead atoms. The Morgan fingerprint density at radius 3 is 2.55 bits per heavy atom. The van der Waals surface area contributed by atoms with Gasteiger partial charge in [0, 0.05) is 16.1 Å². The highest BCUT2D eigenvalue weighted by atomic mass is 35.5. The maximum Gasteiger partial charge on any atom is 0.224 e. The van der Waals surface area contributed by atoms with Gasteiger partial charge >= 0.3 is 0 Å². The molecule has 1 aliphatic carbocycles. The number of halogens is 2. The van der Waals surface area contributed by atoms with Crippen molar-refractivity contribution in [2.24, 2.45) is 5.92 Å². The van der Waals surface area contributed by atoms with E-state index >= 15 is 0 Å². The van der Waals surface area contributed by atoms with Gasteiger partial charge in [0.2, 0.25) is 5.91 Å². The van der Waals surface area contributed by atoms with Gasteiger partial charge in [-0.1, -0.05) is 42.6 Å². The zero-order valence-electron chi connectivity index (χ0n) is 11.8. The second kappa shape index (κ2) is 7.33. The van der Waals surface area contributed by atoms with Crippen LogP contribution in [-0.2, 0) is 11.2 Å². The third-order valence-corrected chi connectivity index (χ3v) is 4.74. The van der Waals surface area contributed by atoms with Crippen LogP contribution in [0.15, 0.2) is 18.2 Å². The SMILES string of the molecule is CCC1CCC(NC(=O)Cc2ccc(Cl)cc2Cl)CC1. The monoisotopic (exact) mass is 313 g/mol. The van der Waals surface area contributed by atoms with E-state index in [1.807, 2.05) is 6.07 Å². The van der Waals surface area contributed by atoms with E-state index < -0.39 is 0 Å². The van der Waals surface area contributed by atoms with Gasteiger partial charge in [-0.25, -0.2) is 0 Å². The van der Waals surface area contributed by atoms with Crippen molar-refractivity contribution < 1.29 is 4.79 Å². The Hall–Kier alpha value is -0.730. The average Bonchev–Trinajstić information content (AvgIpc) is 2.43. The minimum atomic E-state index is 0.0502. The molecule has 0 spiro atoms. The summed E-state index contributed by atoms with van der Waals surface area (Å²) in [5.41, 5.74) is 0.829. The molecule has 0 atom stereocenters. The van der Waals surface area contributed by atoms with Gasteiger partial charge in [-0.15, -0.1) is 0 Å². The largest absolute Gasteiger partial charge is 0.353 e. The Kier molecular flexibility index (Phi) is 5.74. The highest BCUT2D eigenvalue weighted by Gasteiger charge is 2.21. The zero-order valence-corrected chi connectivity index (χ0v) is 13.3. The summed E-state index contributed by atoms with van der Waals surface area (Å²) in [7, 11) is 0. The van der Waals surface area contributed by atoms with Crippen LogP contribution in [0, 0.1) is 5.92 Å². The summed E-state index contributed by atoms with van der Waals surface area (Å²) in [4.78, 5) is 12.1. The van der Waals surface area contributed by atoms with Crippen molar-refractivity contribution >= 4 is 29.1 Å². The van der Waals surface area contributed by atoms with Crippen molar-refractivity contribution in [1.82, 2.24) is 5.32 Å². The maximum atomic E-state index is 12.1. The fourth-order valence-corrected chi connectivity index (χ4v) is 3.31. The molecule has 0 heterocycles. The molecule has 1 aromatic carbocycles. The van der Waals surface area contributed by atoms with E-state index in [-0.39, 0.29) is 5.91 Å². The molecule has 0 aromatic heterocycles. The summed E-state index contributed by atoms with van der Waals surface area (Å²) in [6, 6.07) is 5.59. The molecule has 0 radical (unpaired) electrons. The van der Waals surface area contributed by atoms with E-state index in [1.165, 1.54) is 19.3 Å². The number of carbonyl (C=O) groups is 1. The number of hydrogen-bond acceptors (Lipinski definition) is 1. The van der Waals surface area contributed by atoms with Crippen molar-refractivity contribution in [3.8, 4) is 0 Å². The second-order valence-corrected chi connectivity index (χ2v) is 6.45. The van der Waals surface area contributed by atoms with Crippen LogP contribution < -0.4 is 5.32 Å². The summed E-state index contributed by atoms with van der Waals surface area (Å²) in [6.07, 6.45) is 6.22. The lowest BCUT2D eigenvalue weighted by Crippen LogP contribution is -2.38. The second-order valence-electron chi connectivity index (χ2n) is 5.61. The predicted molar refractivity (Wildman–Crippen MR) is 84.3 cm³/mol. The quantitative estimate of drug-likeness (QED) is 0.863. The number of amides is 1. The Labute approximate surface area is 130 Å². The molecule has 2 nitrogen and oxygen atoms in total. The van der Waals surface area contributed by atoms with Crippen molar-refractivity contribution in [3.05, 3.63) is 33.8 Å². The van der Waals surface area contributed by atoms with Crippen LogP contribution in [-0.4, -0.2) is 11.9 Å². The van der Waals surface area contributed by atoms with Crippen LogP contribution in [0.25, 0.3) is 0 Å². The van der Waals surface area contributed by atoms with Crippen LogP contribution in [0.5, 0.6) is 0 Å². The summed E-state index contributed by atoms with van der Waals surface area (Å²) in [5.74, 6) is 0.892. The number of rotatable bonds is 4. The number of benzene rings is 1. The van der Waals surface area contributed by atoms with Crippen LogP contribution >= 0.6 is 23.2 Å². The highest BCUT2D eigenvalue weighted by Crippen LogP contribution is 2.26. The van der Waals surface area contributed by atoms with Gasteiger partial charge < -0.3 is 5.32 Å². The first kappa shape index (κ1) is 15.7. The number of hydrogen-bond donors (Lipinski definition) is 1. The minimum Gasteiger partial charge on any atom is -0.353 e. The van der Waals surface area contributed by atoms with Gasteiger partial charge in [0.15, 0.2) is 0 Å². The molecule has 0 aliphatic heterocycles. The molecule has 2 rings (SSSR count). The molecular formula is C16H21Cl2NO. The molecule has 1 saturated carbocycles.